The quantitative estimate of drug-likeness (QED) is 0.460. The van der Waals surface area contributed by atoms with E-state index in [1.54, 1.807) is 12.3 Å². The molecule has 0 aliphatic heterocycles. The monoisotopic (exact) mass is 464 g/mol. The maximum Gasteiger partial charge on any atom is 0.284 e. The molecule has 168 valence electrons. The Morgan fingerprint density at radius 3 is 2.70 bits per heavy atom. The third kappa shape index (κ3) is 4.61. The van der Waals surface area contributed by atoms with Crippen LogP contribution >= 0.6 is 11.3 Å². The van der Waals surface area contributed by atoms with Crippen LogP contribution < -0.4 is 11.1 Å². The Morgan fingerprint density at radius 2 is 2.00 bits per heavy atom. The summed E-state index contributed by atoms with van der Waals surface area (Å²) in [5.74, 6) is -2.06. The summed E-state index contributed by atoms with van der Waals surface area (Å²) >= 11 is 1.21. The number of nitrogens with zero attached hydrogens (tertiary/aromatic N) is 2. The highest BCUT2D eigenvalue weighted by molar-refractivity contribution is 7.17. The largest absolute Gasteiger partial charge is 0.384 e. The van der Waals surface area contributed by atoms with E-state index < -0.39 is 23.3 Å². The van der Waals surface area contributed by atoms with Gasteiger partial charge in [-0.2, -0.15) is 0 Å². The highest BCUT2D eigenvalue weighted by Crippen LogP contribution is 2.39. The molecule has 0 radical (unpaired) electrons. The molecule has 2 aromatic heterocycles. The molecule has 0 saturated carbocycles. The summed E-state index contributed by atoms with van der Waals surface area (Å²) in [4.78, 5) is 22.4. The minimum Gasteiger partial charge on any atom is -0.384 e. The van der Waals surface area contributed by atoms with Crippen LogP contribution in [0.25, 0.3) is 21.6 Å². The fraction of sp³-hybridized carbons (Fsp3) is 0.160. The molecular weight excluding hydrogens is 442 g/mol. The van der Waals surface area contributed by atoms with Crippen LogP contribution in [0, 0.1) is 0 Å². The van der Waals surface area contributed by atoms with Gasteiger partial charge in [-0.25, -0.2) is 18.7 Å². The van der Waals surface area contributed by atoms with Gasteiger partial charge in [0.2, 0.25) is 0 Å². The van der Waals surface area contributed by atoms with Gasteiger partial charge in [-0.05, 0) is 73.2 Å². The van der Waals surface area contributed by atoms with Crippen molar-refractivity contribution in [2.75, 3.05) is 5.73 Å². The van der Waals surface area contributed by atoms with Crippen molar-refractivity contribution in [1.29, 1.82) is 0 Å². The number of amides is 1. The number of hydrogen-bond acceptors (Lipinski definition) is 5. The predicted molar refractivity (Wildman–Crippen MR) is 128 cm³/mol. The number of pyridine rings is 1. The van der Waals surface area contributed by atoms with Gasteiger partial charge in [-0.3, -0.25) is 4.79 Å². The van der Waals surface area contributed by atoms with E-state index in [1.807, 2.05) is 12.1 Å². The van der Waals surface area contributed by atoms with E-state index in [0.717, 1.165) is 57.8 Å². The van der Waals surface area contributed by atoms with Gasteiger partial charge in [0.15, 0.2) is 5.01 Å². The third-order valence-corrected chi connectivity index (χ3v) is 6.50. The molecule has 3 aromatic rings. The number of benzene rings is 1. The maximum atomic E-state index is 14.1. The molecule has 2 heterocycles. The first-order chi connectivity index (χ1) is 15.9. The van der Waals surface area contributed by atoms with Crippen LogP contribution in [-0.2, 0) is 12.8 Å². The van der Waals surface area contributed by atoms with E-state index in [-0.39, 0.29) is 5.01 Å². The summed E-state index contributed by atoms with van der Waals surface area (Å²) in [6.45, 7) is 4.71. The molecule has 5 nitrogen and oxygen atoms in total. The smallest absolute Gasteiger partial charge is 0.284 e. The van der Waals surface area contributed by atoms with Crippen molar-refractivity contribution in [3.05, 3.63) is 88.9 Å². The number of nitrogen functional groups attached to an aromatic ring is 1. The van der Waals surface area contributed by atoms with Crippen LogP contribution in [0.15, 0.2) is 72.6 Å². The van der Waals surface area contributed by atoms with Gasteiger partial charge in [-0.15, -0.1) is 11.3 Å². The molecule has 0 bridgehead atoms. The predicted octanol–water partition coefficient (Wildman–Crippen LogP) is 5.91. The summed E-state index contributed by atoms with van der Waals surface area (Å²) in [7, 11) is 0. The molecule has 1 amide bonds. The number of allylic oxidation sites excluding steroid dienone is 4. The normalized spacial score (nSPS) is 14.0. The first kappa shape index (κ1) is 22.5. The highest BCUT2D eigenvalue weighted by atomic mass is 32.1. The summed E-state index contributed by atoms with van der Waals surface area (Å²) in [5, 5.41) is 2.45. The number of nitrogens with two attached hydrogens (primary N) is 1. The number of carbonyl (C=O) groups is 1. The molecule has 3 N–H and O–H groups in total. The van der Waals surface area contributed by atoms with Crippen LogP contribution in [0.1, 0.15) is 34.4 Å². The lowest BCUT2D eigenvalue weighted by molar-refractivity contribution is 0.0963. The molecule has 1 aliphatic rings. The van der Waals surface area contributed by atoms with Crippen molar-refractivity contribution >= 4 is 23.1 Å². The van der Waals surface area contributed by atoms with Gasteiger partial charge < -0.3 is 11.1 Å². The highest BCUT2D eigenvalue weighted by Gasteiger charge is 2.24. The number of carbonyl (C=O) groups excluding carboxylic acids is 1. The molecule has 4 rings (SSSR count). The summed E-state index contributed by atoms with van der Waals surface area (Å²) < 4.78 is 28.1. The topological polar surface area (TPSA) is 80.9 Å². The molecule has 1 aromatic carbocycles. The molecule has 0 unspecified atom stereocenters. The maximum absolute atomic E-state index is 14.1. The summed E-state index contributed by atoms with van der Waals surface area (Å²) in [5.41, 5.74) is 10.0. The molecule has 1 aliphatic carbocycles. The Morgan fingerprint density at radius 1 is 1.21 bits per heavy atom. The fourth-order valence-corrected chi connectivity index (χ4v) is 4.74. The van der Waals surface area contributed by atoms with Crippen molar-refractivity contribution in [3.63, 3.8) is 0 Å². The number of nitrogens with one attached hydrogen (secondary N) is 1. The van der Waals surface area contributed by atoms with Gasteiger partial charge >= 0.3 is 0 Å². The van der Waals surface area contributed by atoms with Gasteiger partial charge in [0.05, 0.1) is 10.6 Å². The molecule has 0 spiro atoms. The lowest BCUT2D eigenvalue weighted by Crippen LogP contribution is -2.24. The second-order valence-corrected chi connectivity index (χ2v) is 8.51. The minimum atomic E-state index is -0.954. The van der Waals surface area contributed by atoms with Crippen molar-refractivity contribution in [3.8, 4) is 21.6 Å². The van der Waals surface area contributed by atoms with E-state index in [1.165, 1.54) is 18.3 Å². The third-order valence-electron chi connectivity index (χ3n) is 5.37. The Labute approximate surface area is 194 Å². The number of aromatic nitrogens is 2. The Bertz CT molecular complexity index is 1290. The van der Waals surface area contributed by atoms with Gasteiger partial charge in [0, 0.05) is 11.8 Å². The lowest BCUT2D eigenvalue weighted by atomic mass is 9.98. The zero-order chi connectivity index (χ0) is 23.5. The molecule has 33 heavy (non-hydrogen) atoms. The van der Waals surface area contributed by atoms with E-state index in [4.69, 9.17) is 5.73 Å². The number of hydrogen-bond donors (Lipinski definition) is 2. The van der Waals surface area contributed by atoms with E-state index in [0.29, 0.717) is 12.2 Å². The lowest BCUT2D eigenvalue weighted by Gasteiger charge is -2.09. The number of anilines is 1. The number of thiazole rings is 1. The molecule has 0 atom stereocenters. The Hall–Kier alpha value is -3.65. The zero-order valence-corrected chi connectivity index (χ0v) is 18.8. The van der Waals surface area contributed by atoms with E-state index in [9.17, 15) is 13.6 Å². The van der Waals surface area contributed by atoms with Crippen LogP contribution in [-0.4, -0.2) is 15.9 Å². The first-order valence-electron chi connectivity index (χ1n) is 10.4. The van der Waals surface area contributed by atoms with Crippen LogP contribution in [0.4, 0.5) is 14.6 Å². The fourth-order valence-electron chi connectivity index (χ4n) is 3.68. The number of halogens is 2. The van der Waals surface area contributed by atoms with Crippen molar-refractivity contribution in [2.24, 2.45) is 0 Å². The van der Waals surface area contributed by atoms with Crippen molar-refractivity contribution in [2.45, 2.75) is 26.2 Å². The second kappa shape index (κ2) is 9.46. The van der Waals surface area contributed by atoms with Gasteiger partial charge in [-0.1, -0.05) is 18.7 Å². The van der Waals surface area contributed by atoms with Crippen molar-refractivity contribution < 1.29 is 13.6 Å². The number of aryl methyl sites for hydroxylation is 2. The van der Waals surface area contributed by atoms with E-state index >= 15 is 0 Å². The molecule has 8 heteroatoms. The molecular formula is C25H22F2N4OS. The van der Waals surface area contributed by atoms with Crippen molar-refractivity contribution in [1.82, 2.24) is 15.3 Å². The van der Waals surface area contributed by atoms with Gasteiger partial charge in [0.1, 0.15) is 23.2 Å². The SMILES string of the molecule is C=C/C(F)=C(NC(=O)c1nc2c(s1)-c1cc(-c3ccc(N)nc3)ccc1CCC2)\C(F)=C/C. The molecule has 0 saturated heterocycles. The number of rotatable bonds is 5. The minimum absolute atomic E-state index is 0.144. The second-order valence-electron chi connectivity index (χ2n) is 7.51. The molecule has 0 fully saturated rings. The first-order valence-corrected chi connectivity index (χ1v) is 11.2. The number of fused-ring (bicyclic) bond motifs is 3. The Kier molecular flexibility index (Phi) is 6.46. The van der Waals surface area contributed by atoms with Gasteiger partial charge in [0.25, 0.3) is 5.91 Å². The summed E-state index contributed by atoms with van der Waals surface area (Å²) in [6, 6.07) is 9.84. The summed E-state index contributed by atoms with van der Waals surface area (Å²) in [6.07, 6.45) is 6.12. The average molecular weight is 465 g/mol. The van der Waals surface area contributed by atoms with E-state index in [2.05, 4.69) is 34.0 Å². The standard InChI is InChI=1S/C25H22F2N4OS/c1-3-18(26)22(19(27)4-2)31-24(32)25-30-20-7-5-6-14-8-9-15(12-17(14)23(20)33-25)16-10-11-21(28)29-13-16/h3-4,8-13H,1,5-7H2,2H3,(H2,28,29)(H,31,32)/b19-4+,22-18-. The zero-order valence-electron chi connectivity index (χ0n) is 18.0. The average Bonchev–Trinajstić information content (AvgIpc) is 3.18. The van der Waals surface area contributed by atoms with Crippen LogP contribution in [0.3, 0.4) is 0 Å². The Balaban J connectivity index is 1.72. The van der Waals surface area contributed by atoms with Crippen LogP contribution in [0.2, 0.25) is 0 Å². The van der Waals surface area contributed by atoms with Crippen LogP contribution in [0.5, 0.6) is 0 Å².